The first kappa shape index (κ1) is 30.6. The van der Waals surface area contributed by atoms with Gasteiger partial charge in [-0.3, -0.25) is 29.3 Å². The molecule has 1 atom stereocenters. The minimum Gasteiger partial charge on any atom is -0.382 e. The third-order valence-electron chi connectivity index (χ3n) is 10.9. The fourth-order valence-corrected chi connectivity index (χ4v) is 8.11. The maximum absolute atomic E-state index is 13.1. The highest BCUT2D eigenvalue weighted by Crippen LogP contribution is 2.34. The molecule has 0 aliphatic carbocycles. The Bertz CT molecular complexity index is 1850. The number of carbonyl (C=O) groups is 3. The number of likely N-dealkylation sites (tertiary alicyclic amines) is 1. The lowest BCUT2D eigenvalue weighted by Crippen LogP contribution is -2.52. The Morgan fingerprint density at radius 2 is 1.67 bits per heavy atom. The minimum atomic E-state index is -0.572. The van der Waals surface area contributed by atoms with E-state index in [2.05, 4.69) is 80.1 Å². The van der Waals surface area contributed by atoms with Crippen LogP contribution in [0.3, 0.4) is 0 Å². The molecule has 3 amide bonds. The average molecular weight is 646 g/mol. The molecule has 1 aromatic heterocycles. The van der Waals surface area contributed by atoms with Gasteiger partial charge in [0.05, 0.1) is 11.7 Å². The number of benzene rings is 3. The molecule has 5 heterocycles. The summed E-state index contributed by atoms with van der Waals surface area (Å²) in [6.45, 7) is 5.57. The Kier molecular flexibility index (Phi) is 8.12. The number of amides is 3. The smallest absolute Gasteiger partial charge is 0.255 e. The molecule has 0 spiro atoms. The van der Waals surface area contributed by atoms with Gasteiger partial charge in [-0.1, -0.05) is 24.3 Å². The largest absolute Gasteiger partial charge is 0.382 e. The van der Waals surface area contributed by atoms with Crippen LogP contribution in [0.1, 0.15) is 71.5 Å². The van der Waals surface area contributed by atoms with E-state index >= 15 is 0 Å². The van der Waals surface area contributed by atoms with Crippen molar-refractivity contribution in [2.45, 2.75) is 69.6 Å². The summed E-state index contributed by atoms with van der Waals surface area (Å²) in [4.78, 5) is 43.8. The van der Waals surface area contributed by atoms with Gasteiger partial charge in [-0.2, -0.15) is 5.10 Å². The lowest BCUT2D eigenvalue weighted by atomic mass is 9.87. The van der Waals surface area contributed by atoms with E-state index in [1.54, 1.807) is 4.90 Å². The Balaban J connectivity index is 0.805. The van der Waals surface area contributed by atoms with Crippen LogP contribution in [-0.2, 0) is 29.7 Å². The number of nitrogens with zero attached hydrogens (tertiary/aromatic N) is 5. The van der Waals surface area contributed by atoms with Crippen molar-refractivity contribution in [2.24, 2.45) is 7.05 Å². The minimum absolute atomic E-state index is 0.108. The Morgan fingerprint density at radius 1 is 0.875 bits per heavy atom. The highest BCUT2D eigenvalue weighted by atomic mass is 16.2. The number of fused-ring (bicyclic) bond motifs is 2. The van der Waals surface area contributed by atoms with E-state index in [0.29, 0.717) is 30.5 Å². The van der Waals surface area contributed by atoms with E-state index in [-0.39, 0.29) is 24.1 Å². The predicted octanol–water partition coefficient (Wildman–Crippen LogP) is 4.79. The van der Waals surface area contributed by atoms with Crippen LogP contribution in [0.5, 0.6) is 0 Å². The van der Waals surface area contributed by atoms with Gasteiger partial charge in [-0.05, 0) is 104 Å². The third-order valence-corrected chi connectivity index (χ3v) is 10.9. The van der Waals surface area contributed by atoms with Crippen LogP contribution in [0.25, 0.3) is 10.9 Å². The van der Waals surface area contributed by atoms with E-state index in [0.717, 1.165) is 69.5 Å². The van der Waals surface area contributed by atoms with Crippen LogP contribution in [-0.4, -0.2) is 75.6 Å². The van der Waals surface area contributed by atoms with Gasteiger partial charge >= 0.3 is 0 Å². The first-order valence-corrected chi connectivity index (χ1v) is 17.4. The number of nitrogens with one attached hydrogen (secondary N) is 2. The summed E-state index contributed by atoms with van der Waals surface area (Å²) >= 11 is 0. The van der Waals surface area contributed by atoms with E-state index < -0.39 is 6.04 Å². The molecule has 3 fully saturated rings. The van der Waals surface area contributed by atoms with E-state index in [1.807, 2.05) is 24.0 Å². The molecule has 0 saturated carbocycles. The van der Waals surface area contributed by atoms with Gasteiger partial charge < -0.3 is 15.1 Å². The molecule has 248 valence electrons. The zero-order valence-corrected chi connectivity index (χ0v) is 27.5. The van der Waals surface area contributed by atoms with Gasteiger partial charge in [0.15, 0.2) is 0 Å². The third kappa shape index (κ3) is 6.05. The lowest BCUT2D eigenvalue weighted by molar-refractivity contribution is -0.136. The lowest BCUT2D eigenvalue weighted by Gasteiger charge is -2.35. The van der Waals surface area contributed by atoms with Gasteiger partial charge in [0.2, 0.25) is 11.8 Å². The summed E-state index contributed by atoms with van der Waals surface area (Å²) in [5.74, 6) is -0.270. The maximum atomic E-state index is 13.1. The number of piperidine rings is 3. The van der Waals surface area contributed by atoms with Gasteiger partial charge in [-0.25, -0.2) is 0 Å². The SMILES string of the molecule is Cn1ncc2cc(NC3CCN(c4ccc(CN5CCC(c6ccc7c(c6)CN(C6CCC(=O)NC6=O)C7=O)CC5)cc4)CC3)ccc21. The standard InChI is InChI=1S/C38H43N7O3/c1-42-34-9-5-31(21-28(34)22-39-42)40-30-14-18-44(19-15-30)32-6-2-25(3-7-32)23-43-16-12-26(13-17-43)27-4-8-33-29(20-27)24-45(38(33)48)35-10-11-36(46)41-37(35)47/h2-9,20-22,26,30,35,40H,10-19,23-24H2,1H3,(H,41,46,47). The molecule has 48 heavy (non-hydrogen) atoms. The van der Waals surface area contributed by atoms with Gasteiger partial charge in [-0.15, -0.1) is 0 Å². The summed E-state index contributed by atoms with van der Waals surface area (Å²) in [5.41, 5.74) is 7.94. The fourth-order valence-electron chi connectivity index (χ4n) is 8.11. The number of hydrogen-bond acceptors (Lipinski definition) is 7. The number of carbonyl (C=O) groups excluding carboxylic acids is 3. The van der Waals surface area contributed by atoms with Crippen LogP contribution < -0.4 is 15.5 Å². The monoisotopic (exact) mass is 645 g/mol. The molecule has 3 aromatic carbocycles. The van der Waals surface area contributed by atoms with Crippen molar-refractivity contribution >= 4 is 40.0 Å². The maximum Gasteiger partial charge on any atom is 0.255 e. The fraction of sp³-hybridized carbons (Fsp3) is 0.421. The summed E-state index contributed by atoms with van der Waals surface area (Å²) in [6.07, 6.45) is 6.98. The normalized spacial score (nSPS) is 21.2. The van der Waals surface area contributed by atoms with E-state index in [4.69, 9.17) is 0 Å². The summed E-state index contributed by atoms with van der Waals surface area (Å²) < 4.78 is 1.91. The molecule has 10 nitrogen and oxygen atoms in total. The average Bonchev–Trinajstić information content (AvgIpc) is 3.64. The number of rotatable bonds is 7. The quantitative estimate of drug-likeness (QED) is 0.279. The summed E-state index contributed by atoms with van der Waals surface area (Å²) in [7, 11) is 1.98. The molecular weight excluding hydrogens is 602 g/mol. The second-order valence-electron chi connectivity index (χ2n) is 14.0. The second kappa shape index (κ2) is 12.7. The van der Waals surface area contributed by atoms with Gasteiger partial charge in [0, 0.05) is 68.0 Å². The number of aryl methyl sites for hydroxylation is 1. The van der Waals surface area contributed by atoms with Gasteiger partial charge in [0.25, 0.3) is 5.91 Å². The van der Waals surface area contributed by atoms with Crippen molar-refractivity contribution in [3.8, 4) is 0 Å². The Hall–Kier alpha value is -4.70. The van der Waals surface area contributed by atoms with Crippen molar-refractivity contribution in [3.63, 3.8) is 0 Å². The number of aromatic nitrogens is 2. The van der Waals surface area contributed by atoms with Crippen molar-refractivity contribution in [1.82, 2.24) is 24.9 Å². The van der Waals surface area contributed by atoms with Crippen LogP contribution in [0.15, 0.2) is 66.9 Å². The second-order valence-corrected chi connectivity index (χ2v) is 14.0. The highest BCUT2D eigenvalue weighted by Gasteiger charge is 2.39. The molecular formula is C38H43N7O3. The molecule has 1 unspecified atom stereocenters. The molecule has 2 N–H and O–H groups in total. The first-order valence-electron chi connectivity index (χ1n) is 17.4. The highest BCUT2D eigenvalue weighted by molar-refractivity contribution is 6.05. The van der Waals surface area contributed by atoms with Gasteiger partial charge in [0.1, 0.15) is 6.04 Å². The number of imide groups is 1. The molecule has 0 radical (unpaired) electrons. The molecule has 4 aromatic rings. The van der Waals surface area contributed by atoms with Crippen LogP contribution in [0, 0.1) is 0 Å². The zero-order chi connectivity index (χ0) is 32.8. The van der Waals surface area contributed by atoms with Crippen LogP contribution >= 0.6 is 0 Å². The summed E-state index contributed by atoms with van der Waals surface area (Å²) in [6, 6.07) is 21.8. The molecule has 10 heteroatoms. The Labute approximate surface area is 281 Å². The number of anilines is 2. The predicted molar refractivity (Wildman–Crippen MR) is 186 cm³/mol. The van der Waals surface area contributed by atoms with Crippen LogP contribution in [0.2, 0.25) is 0 Å². The first-order chi connectivity index (χ1) is 23.4. The molecule has 8 rings (SSSR count). The molecule has 3 saturated heterocycles. The van der Waals surface area contributed by atoms with E-state index in [1.165, 1.54) is 27.9 Å². The molecule has 4 aliphatic heterocycles. The zero-order valence-electron chi connectivity index (χ0n) is 27.5. The van der Waals surface area contributed by atoms with Crippen molar-refractivity contribution in [3.05, 3.63) is 89.1 Å². The van der Waals surface area contributed by atoms with Crippen molar-refractivity contribution in [2.75, 3.05) is 36.4 Å². The topological polar surface area (TPSA) is 103 Å². The van der Waals surface area contributed by atoms with Crippen molar-refractivity contribution < 1.29 is 14.4 Å². The summed E-state index contributed by atoms with van der Waals surface area (Å²) in [5, 5.41) is 11.7. The molecule has 0 bridgehead atoms. The number of hydrogen-bond donors (Lipinski definition) is 2. The van der Waals surface area contributed by atoms with E-state index in [9.17, 15) is 14.4 Å². The molecule has 4 aliphatic rings. The van der Waals surface area contributed by atoms with Crippen LogP contribution in [0.4, 0.5) is 11.4 Å². The Morgan fingerprint density at radius 3 is 2.44 bits per heavy atom. The van der Waals surface area contributed by atoms with Crippen molar-refractivity contribution in [1.29, 1.82) is 0 Å².